The van der Waals surface area contributed by atoms with Gasteiger partial charge in [0.2, 0.25) is 5.91 Å². The second-order valence-electron chi connectivity index (χ2n) is 6.49. The predicted molar refractivity (Wildman–Crippen MR) is 106 cm³/mol. The van der Waals surface area contributed by atoms with Gasteiger partial charge in [0, 0.05) is 29.1 Å². The number of alkyl halides is 2. The molecular formula is C20H16ClF2N3O3. The Morgan fingerprint density at radius 2 is 1.97 bits per heavy atom. The second-order valence-corrected chi connectivity index (χ2v) is 6.85. The number of nitrogens with one attached hydrogen (secondary N) is 1. The van der Waals surface area contributed by atoms with E-state index in [1.807, 2.05) is 28.8 Å². The minimum Gasteiger partial charge on any atom is -0.435 e. The van der Waals surface area contributed by atoms with E-state index in [1.165, 1.54) is 12.1 Å². The van der Waals surface area contributed by atoms with Crippen LogP contribution in [0.3, 0.4) is 0 Å². The average molecular weight is 420 g/mol. The molecular weight excluding hydrogens is 404 g/mol. The minimum atomic E-state index is -2.94. The molecule has 150 valence electrons. The number of aryl methyl sites for hydroxylation is 1. The third kappa shape index (κ3) is 3.56. The number of carbonyl (C=O) groups is 1. The van der Waals surface area contributed by atoms with Crippen molar-refractivity contribution in [2.24, 2.45) is 0 Å². The average Bonchev–Trinajstić information content (AvgIpc) is 3.01. The van der Waals surface area contributed by atoms with Crippen LogP contribution >= 0.6 is 11.6 Å². The molecule has 2 aromatic heterocycles. The van der Waals surface area contributed by atoms with Crippen LogP contribution in [0.25, 0.3) is 32.7 Å². The van der Waals surface area contributed by atoms with Crippen LogP contribution in [0, 0.1) is 0 Å². The zero-order chi connectivity index (χ0) is 20.5. The summed E-state index contributed by atoms with van der Waals surface area (Å²) in [4.78, 5) is 15.9. The van der Waals surface area contributed by atoms with E-state index in [1.54, 1.807) is 11.5 Å². The molecule has 0 fully saturated rings. The van der Waals surface area contributed by atoms with Gasteiger partial charge >= 0.3 is 6.61 Å². The molecule has 0 aliphatic rings. The molecule has 0 radical (unpaired) electrons. The molecule has 0 unspecified atom stereocenters. The smallest absolute Gasteiger partial charge is 0.387 e. The van der Waals surface area contributed by atoms with E-state index in [0.29, 0.717) is 29.0 Å². The fourth-order valence-corrected chi connectivity index (χ4v) is 3.84. The highest BCUT2D eigenvalue weighted by Gasteiger charge is 2.18. The number of ether oxygens (including phenoxy) is 1. The van der Waals surface area contributed by atoms with Gasteiger partial charge in [-0.1, -0.05) is 35.9 Å². The lowest BCUT2D eigenvalue weighted by atomic mass is 10.1. The normalized spacial score (nSPS) is 11.6. The zero-order valence-corrected chi connectivity index (χ0v) is 15.8. The number of hydrogen-bond acceptors (Lipinski definition) is 4. The van der Waals surface area contributed by atoms with E-state index < -0.39 is 12.5 Å². The van der Waals surface area contributed by atoms with Gasteiger partial charge in [0.25, 0.3) is 0 Å². The van der Waals surface area contributed by atoms with Gasteiger partial charge in [-0.25, -0.2) is 10.5 Å². The molecule has 1 amide bonds. The first-order valence-corrected chi connectivity index (χ1v) is 9.25. The highest BCUT2D eigenvalue weighted by atomic mass is 35.5. The standard InChI is InChI=1S/C20H16ClF2N3O3/c21-19-13-5-2-1-4-12(13)18-17(24-19)14-10-11(29-20(22)23)7-8-15(14)26(18)9-3-6-16(27)25-28/h1-2,4-5,7-8,10,20,28H,3,6,9H2,(H,25,27). The molecule has 2 aromatic carbocycles. The minimum absolute atomic E-state index is 0.0253. The Morgan fingerprint density at radius 1 is 1.21 bits per heavy atom. The van der Waals surface area contributed by atoms with E-state index >= 15 is 0 Å². The fourth-order valence-electron chi connectivity index (χ4n) is 3.59. The number of halogens is 3. The zero-order valence-electron chi connectivity index (χ0n) is 15.0. The van der Waals surface area contributed by atoms with Gasteiger partial charge in [0.15, 0.2) is 0 Å². The Labute approximate surface area is 168 Å². The van der Waals surface area contributed by atoms with Gasteiger partial charge in [0.05, 0.1) is 16.6 Å². The van der Waals surface area contributed by atoms with Gasteiger partial charge in [-0.15, -0.1) is 0 Å². The number of aromatic nitrogens is 2. The highest BCUT2D eigenvalue weighted by Crippen LogP contribution is 2.37. The van der Waals surface area contributed by atoms with Crippen LogP contribution in [0.1, 0.15) is 12.8 Å². The lowest BCUT2D eigenvalue weighted by Crippen LogP contribution is -2.18. The first-order valence-electron chi connectivity index (χ1n) is 8.87. The summed E-state index contributed by atoms with van der Waals surface area (Å²) in [7, 11) is 0. The number of pyridine rings is 1. The van der Waals surface area contributed by atoms with E-state index in [9.17, 15) is 13.6 Å². The van der Waals surface area contributed by atoms with Crippen molar-refractivity contribution in [1.29, 1.82) is 0 Å². The Hall–Kier alpha value is -2.97. The van der Waals surface area contributed by atoms with Crippen molar-refractivity contribution in [3.8, 4) is 5.75 Å². The van der Waals surface area contributed by atoms with Crippen molar-refractivity contribution in [2.45, 2.75) is 26.0 Å². The van der Waals surface area contributed by atoms with E-state index in [2.05, 4.69) is 9.72 Å². The monoisotopic (exact) mass is 419 g/mol. The van der Waals surface area contributed by atoms with Crippen molar-refractivity contribution in [3.05, 3.63) is 47.6 Å². The summed E-state index contributed by atoms with van der Waals surface area (Å²) in [5, 5.41) is 11.3. The van der Waals surface area contributed by atoms with Crippen molar-refractivity contribution in [2.75, 3.05) is 0 Å². The number of rotatable bonds is 6. The molecule has 4 aromatic rings. The molecule has 4 rings (SSSR count). The number of hydroxylamine groups is 1. The van der Waals surface area contributed by atoms with Gasteiger partial charge in [-0.3, -0.25) is 10.0 Å². The summed E-state index contributed by atoms with van der Waals surface area (Å²) in [5.74, 6) is -0.457. The first kappa shape index (κ1) is 19.4. The molecule has 2 heterocycles. The Bertz CT molecular complexity index is 1230. The van der Waals surface area contributed by atoms with Gasteiger partial charge in [-0.05, 0) is 24.6 Å². The Balaban J connectivity index is 1.96. The third-order valence-corrected chi connectivity index (χ3v) is 5.05. The SMILES string of the molecule is O=C(CCCn1c2ccc(OC(F)F)cc2c2nc(Cl)c3ccccc3c21)NO. The molecule has 6 nitrogen and oxygen atoms in total. The first-order chi connectivity index (χ1) is 14.0. The third-order valence-electron chi connectivity index (χ3n) is 4.76. The van der Waals surface area contributed by atoms with E-state index in [-0.39, 0.29) is 12.2 Å². The molecule has 0 saturated carbocycles. The topological polar surface area (TPSA) is 76.4 Å². The van der Waals surface area contributed by atoms with Crippen molar-refractivity contribution >= 4 is 50.2 Å². The van der Waals surface area contributed by atoms with Crippen LogP contribution in [-0.4, -0.2) is 27.3 Å². The van der Waals surface area contributed by atoms with Crippen LogP contribution in [0.15, 0.2) is 42.5 Å². The highest BCUT2D eigenvalue weighted by molar-refractivity contribution is 6.36. The van der Waals surface area contributed by atoms with Crippen LogP contribution in [0.2, 0.25) is 5.15 Å². The van der Waals surface area contributed by atoms with E-state index in [4.69, 9.17) is 16.8 Å². The summed E-state index contributed by atoms with van der Waals surface area (Å²) in [5.41, 5.74) is 3.73. The summed E-state index contributed by atoms with van der Waals surface area (Å²) in [6, 6.07) is 12.2. The fraction of sp³-hybridized carbons (Fsp3) is 0.200. The predicted octanol–water partition coefficient (Wildman–Crippen LogP) is 4.88. The molecule has 0 aliphatic carbocycles. The summed E-state index contributed by atoms with van der Waals surface area (Å²) in [6.07, 6.45) is 0.584. The number of fused-ring (bicyclic) bond motifs is 5. The van der Waals surface area contributed by atoms with Crippen molar-refractivity contribution in [1.82, 2.24) is 15.0 Å². The number of nitrogens with zero attached hydrogens (tertiary/aromatic N) is 2. The van der Waals surface area contributed by atoms with E-state index in [0.717, 1.165) is 21.8 Å². The maximum Gasteiger partial charge on any atom is 0.387 e. The molecule has 0 saturated heterocycles. The van der Waals surface area contributed by atoms with Crippen molar-refractivity contribution in [3.63, 3.8) is 0 Å². The molecule has 0 bridgehead atoms. The lowest BCUT2D eigenvalue weighted by Gasteiger charge is -2.10. The van der Waals surface area contributed by atoms with Crippen LogP contribution in [-0.2, 0) is 11.3 Å². The molecule has 0 aliphatic heterocycles. The molecule has 29 heavy (non-hydrogen) atoms. The lowest BCUT2D eigenvalue weighted by molar-refractivity contribution is -0.129. The van der Waals surface area contributed by atoms with Crippen molar-refractivity contribution < 1.29 is 23.5 Å². The molecule has 2 N–H and O–H groups in total. The molecule has 0 spiro atoms. The number of amides is 1. The Kier molecular flexibility index (Phi) is 5.21. The number of carbonyl (C=O) groups excluding carboxylic acids is 1. The van der Waals surface area contributed by atoms with Crippen LogP contribution in [0.4, 0.5) is 8.78 Å². The summed E-state index contributed by atoms with van der Waals surface area (Å²) >= 11 is 6.38. The second kappa shape index (κ2) is 7.81. The quantitative estimate of drug-likeness (QED) is 0.265. The Morgan fingerprint density at radius 3 is 2.69 bits per heavy atom. The van der Waals surface area contributed by atoms with Crippen LogP contribution < -0.4 is 10.2 Å². The van der Waals surface area contributed by atoms with Crippen LogP contribution in [0.5, 0.6) is 5.75 Å². The summed E-state index contributed by atoms with van der Waals surface area (Å²) < 4.78 is 31.9. The van der Waals surface area contributed by atoms with Gasteiger partial charge in [0.1, 0.15) is 10.9 Å². The molecule has 9 heteroatoms. The number of hydrogen-bond donors (Lipinski definition) is 2. The molecule has 0 atom stereocenters. The number of benzene rings is 2. The maximum atomic E-state index is 12.7. The van der Waals surface area contributed by atoms with Gasteiger partial charge < -0.3 is 9.30 Å². The van der Waals surface area contributed by atoms with Gasteiger partial charge in [-0.2, -0.15) is 8.78 Å². The summed E-state index contributed by atoms with van der Waals surface area (Å²) in [6.45, 7) is -2.48. The maximum absolute atomic E-state index is 12.7. The largest absolute Gasteiger partial charge is 0.435 e.